The van der Waals surface area contributed by atoms with Gasteiger partial charge in [0.15, 0.2) is 0 Å². The third kappa shape index (κ3) is 4.80. The third-order valence-electron chi connectivity index (χ3n) is 5.07. The van der Waals surface area contributed by atoms with Crippen LogP contribution in [0.4, 0.5) is 0 Å². The predicted octanol–water partition coefficient (Wildman–Crippen LogP) is 2.65. The second kappa shape index (κ2) is 8.59. The number of hydrogen-bond acceptors (Lipinski definition) is 3. The Bertz CT molecular complexity index is 839. The highest BCUT2D eigenvalue weighted by atomic mass is 16.2. The van der Waals surface area contributed by atoms with Gasteiger partial charge in [0, 0.05) is 31.7 Å². The van der Waals surface area contributed by atoms with Gasteiger partial charge in [-0.3, -0.25) is 9.59 Å². The summed E-state index contributed by atoms with van der Waals surface area (Å²) >= 11 is 0. The standard InChI is InChI=1S/C22H30N4O2/c1-15(2)13-25-14-19(12-21(25)27)22(28)23-10-9-18-5-7-20(8-6-18)26-17(4)11-16(3)24-26/h5-8,11,15,19H,9-10,12-14H2,1-4H3,(H,23,28). The summed E-state index contributed by atoms with van der Waals surface area (Å²) < 4.78 is 1.93. The molecule has 1 N–H and O–H groups in total. The zero-order chi connectivity index (χ0) is 20.3. The second-order valence-corrected chi connectivity index (χ2v) is 8.14. The summed E-state index contributed by atoms with van der Waals surface area (Å²) in [6.07, 6.45) is 1.09. The van der Waals surface area contributed by atoms with Gasteiger partial charge in [-0.1, -0.05) is 26.0 Å². The van der Waals surface area contributed by atoms with Crippen molar-refractivity contribution in [3.63, 3.8) is 0 Å². The summed E-state index contributed by atoms with van der Waals surface area (Å²) in [5, 5.41) is 7.49. The van der Waals surface area contributed by atoms with Crippen LogP contribution in [-0.4, -0.2) is 46.1 Å². The van der Waals surface area contributed by atoms with Crippen molar-refractivity contribution in [3.05, 3.63) is 47.3 Å². The summed E-state index contributed by atoms with van der Waals surface area (Å²) in [6, 6.07) is 10.3. The maximum absolute atomic E-state index is 12.4. The van der Waals surface area contributed by atoms with E-state index in [1.807, 2.05) is 23.4 Å². The number of aryl methyl sites for hydroxylation is 2. The summed E-state index contributed by atoms with van der Waals surface area (Å²) in [7, 11) is 0. The Hall–Kier alpha value is -2.63. The molecule has 2 heterocycles. The zero-order valence-corrected chi connectivity index (χ0v) is 17.2. The molecule has 0 bridgehead atoms. The molecule has 1 aliphatic heterocycles. The van der Waals surface area contributed by atoms with Crippen molar-refractivity contribution >= 4 is 11.8 Å². The molecule has 1 aliphatic rings. The Morgan fingerprint density at radius 1 is 1.25 bits per heavy atom. The summed E-state index contributed by atoms with van der Waals surface area (Å²) in [6.45, 7) is 10.0. The van der Waals surface area contributed by atoms with Crippen molar-refractivity contribution in [2.45, 2.75) is 40.5 Å². The van der Waals surface area contributed by atoms with Crippen LogP contribution in [0.2, 0.25) is 0 Å². The summed E-state index contributed by atoms with van der Waals surface area (Å²) in [5.41, 5.74) is 4.30. The molecule has 1 aromatic carbocycles. The smallest absolute Gasteiger partial charge is 0.225 e. The fourth-order valence-electron chi connectivity index (χ4n) is 3.73. The van der Waals surface area contributed by atoms with Crippen LogP contribution >= 0.6 is 0 Å². The number of likely N-dealkylation sites (tertiary alicyclic amines) is 1. The van der Waals surface area contributed by atoms with Crippen LogP contribution in [0.15, 0.2) is 30.3 Å². The number of benzene rings is 1. The topological polar surface area (TPSA) is 67.2 Å². The average Bonchev–Trinajstić information content (AvgIpc) is 3.17. The molecule has 28 heavy (non-hydrogen) atoms. The highest BCUT2D eigenvalue weighted by Gasteiger charge is 2.34. The molecule has 1 fully saturated rings. The molecule has 1 saturated heterocycles. The summed E-state index contributed by atoms with van der Waals surface area (Å²) in [4.78, 5) is 26.2. The Morgan fingerprint density at radius 3 is 2.57 bits per heavy atom. The lowest BCUT2D eigenvalue weighted by Gasteiger charge is -2.18. The molecule has 1 aromatic heterocycles. The number of carbonyl (C=O) groups is 2. The number of amides is 2. The second-order valence-electron chi connectivity index (χ2n) is 8.14. The van der Waals surface area contributed by atoms with E-state index in [2.05, 4.69) is 54.6 Å². The first-order chi connectivity index (χ1) is 13.3. The number of carbonyl (C=O) groups excluding carboxylic acids is 2. The van der Waals surface area contributed by atoms with E-state index in [1.165, 1.54) is 0 Å². The van der Waals surface area contributed by atoms with E-state index in [4.69, 9.17) is 0 Å². The van der Waals surface area contributed by atoms with Crippen molar-refractivity contribution in [1.29, 1.82) is 0 Å². The van der Waals surface area contributed by atoms with Crippen LogP contribution in [-0.2, 0) is 16.0 Å². The molecule has 6 heteroatoms. The molecule has 2 aromatic rings. The first kappa shape index (κ1) is 20.1. The quantitative estimate of drug-likeness (QED) is 0.801. The van der Waals surface area contributed by atoms with E-state index in [-0.39, 0.29) is 17.7 Å². The number of nitrogens with zero attached hydrogens (tertiary/aromatic N) is 3. The van der Waals surface area contributed by atoms with Gasteiger partial charge in [0.25, 0.3) is 0 Å². The highest BCUT2D eigenvalue weighted by molar-refractivity contribution is 5.89. The lowest BCUT2D eigenvalue weighted by atomic mass is 10.1. The third-order valence-corrected chi connectivity index (χ3v) is 5.07. The van der Waals surface area contributed by atoms with Gasteiger partial charge < -0.3 is 10.2 Å². The van der Waals surface area contributed by atoms with E-state index in [1.54, 1.807) is 0 Å². The zero-order valence-electron chi connectivity index (χ0n) is 17.2. The van der Waals surface area contributed by atoms with Crippen LogP contribution in [0.3, 0.4) is 0 Å². The predicted molar refractivity (Wildman–Crippen MR) is 109 cm³/mol. The van der Waals surface area contributed by atoms with Crippen molar-refractivity contribution in [3.8, 4) is 5.69 Å². The van der Waals surface area contributed by atoms with Crippen LogP contribution in [0.25, 0.3) is 5.69 Å². The Balaban J connectivity index is 1.48. The van der Waals surface area contributed by atoms with E-state index in [0.29, 0.717) is 25.4 Å². The van der Waals surface area contributed by atoms with Crippen LogP contribution in [0.1, 0.15) is 37.2 Å². The van der Waals surface area contributed by atoms with Gasteiger partial charge in [-0.15, -0.1) is 0 Å². The van der Waals surface area contributed by atoms with Gasteiger partial charge in [0.1, 0.15) is 0 Å². The van der Waals surface area contributed by atoms with Crippen molar-refractivity contribution in [2.24, 2.45) is 11.8 Å². The average molecular weight is 383 g/mol. The van der Waals surface area contributed by atoms with Crippen molar-refractivity contribution < 1.29 is 9.59 Å². The first-order valence-corrected chi connectivity index (χ1v) is 10.0. The number of rotatable bonds is 7. The van der Waals surface area contributed by atoms with Gasteiger partial charge in [-0.2, -0.15) is 5.10 Å². The number of hydrogen-bond donors (Lipinski definition) is 1. The van der Waals surface area contributed by atoms with Gasteiger partial charge in [-0.25, -0.2) is 4.68 Å². The molecule has 0 aliphatic carbocycles. The minimum atomic E-state index is -0.223. The Labute approximate surface area is 166 Å². The van der Waals surface area contributed by atoms with E-state index in [0.717, 1.165) is 35.6 Å². The first-order valence-electron chi connectivity index (χ1n) is 10.0. The Kier molecular flexibility index (Phi) is 6.17. The molecular formula is C22H30N4O2. The largest absolute Gasteiger partial charge is 0.355 e. The summed E-state index contributed by atoms with van der Waals surface area (Å²) in [5.74, 6) is 0.273. The molecule has 1 atom stereocenters. The van der Waals surface area contributed by atoms with Gasteiger partial charge in [-0.05, 0) is 49.9 Å². The van der Waals surface area contributed by atoms with E-state index < -0.39 is 0 Å². The lowest BCUT2D eigenvalue weighted by Crippen LogP contribution is -2.35. The van der Waals surface area contributed by atoms with E-state index in [9.17, 15) is 9.59 Å². The SMILES string of the molecule is Cc1cc(C)n(-c2ccc(CCNC(=O)C3CC(=O)N(CC(C)C)C3)cc2)n1. The van der Waals surface area contributed by atoms with E-state index >= 15 is 0 Å². The molecule has 0 saturated carbocycles. The molecule has 3 rings (SSSR count). The van der Waals surface area contributed by atoms with Gasteiger partial charge in [0.05, 0.1) is 17.3 Å². The molecule has 150 valence electrons. The van der Waals surface area contributed by atoms with Gasteiger partial charge >= 0.3 is 0 Å². The normalized spacial score (nSPS) is 16.8. The number of aromatic nitrogens is 2. The molecule has 0 radical (unpaired) electrons. The van der Waals surface area contributed by atoms with Crippen LogP contribution in [0.5, 0.6) is 0 Å². The minimum absolute atomic E-state index is 0.0149. The van der Waals surface area contributed by atoms with Gasteiger partial charge in [0.2, 0.25) is 11.8 Å². The van der Waals surface area contributed by atoms with Crippen molar-refractivity contribution in [1.82, 2.24) is 20.0 Å². The molecule has 1 unspecified atom stereocenters. The van der Waals surface area contributed by atoms with Crippen LogP contribution < -0.4 is 5.32 Å². The highest BCUT2D eigenvalue weighted by Crippen LogP contribution is 2.19. The monoisotopic (exact) mass is 382 g/mol. The molecule has 0 spiro atoms. The fraction of sp³-hybridized carbons (Fsp3) is 0.500. The molecule has 2 amide bonds. The van der Waals surface area contributed by atoms with Crippen molar-refractivity contribution in [2.75, 3.05) is 19.6 Å². The fourth-order valence-corrected chi connectivity index (χ4v) is 3.73. The minimum Gasteiger partial charge on any atom is -0.355 e. The molecule has 6 nitrogen and oxygen atoms in total. The molecular weight excluding hydrogens is 352 g/mol. The lowest BCUT2D eigenvalue weighted by molar-refractivity contribution is -0.129. The van der Waals surface area contributed by atoms with Crippen LogP contribution in [0, 0.1) is 25.7 Å². The number of nitrogens with one attached hydrogen (secondary N) is 1. The Morgan fingerprint density at radius 2 is 1.96 bits per heavy atom. The maximum Gasteiger partial charge on any atom is 0.225 e. The maximum atomic E-state index is 12.4.